The van der Waals surface area contributed by atoms with E-state index in [1.807, 2.05) is 54.8 Å². The van der Waals surface area contributed by atoms with E-state index in [2.05, 4.69) is 15.8 Å². The summed E-state index contributed by atoms with van der Waals surface area (Å²) in [6.45, 7) is 1.95. The molecule has 2 N–H and O–H groups in total. The molecule has 0 fully saturated rings. The summed E-state index contributed by atoms with van der Waals surface area (Å²) in [4.78, 5) is 1.13. The third-order valence-corrected chi connectivity index (χ3v) is 3.41. The van der Waals surface area contributed by atoms with E-state index in [0.29, 0.717) is 5.11 Å². The Labute approximate surface area is 116 Å². The lowest BCUT2D eigenvalue weighted by Gasteiger charge is -2.07. The van der Waals surface area contributed by atoms with Crippen LogP contribution >= 0.6 is 23.6 Å². The fraction of sp³-hybridized carbons (Fsp3) is 0.0769. The van der Waals surface area contributed by atoms with E-state index in [1.165, 1.54) is 0 Å². The van der Waals surface area contributed by atoms with Gasteiger partial charge in [-0.25, -0.2) is 0 Å². The van der Waals surface area contributed by atoms with Crippen LogP contribution < -0.4 is 10.7 Å². The first kappa shape index (κ1) is 12.7. The number of thiocarbonyl (C=S) groups is 1. The van der Waals surface area contributed by atoms with Gasteiger partial charge in [-0.3, -0.25) is 5.43 Å². The van der Waals surface area contributed by atoms with Crippen LogP contribution in [0.1, 0.15) is 11.8 Å². The molecule has 2 aromatic rings. The van der Waals surface area contributed by atoms with Gasteiger partial charge in [-0.2, -0.15) is 5.10 Å². The fourth-order valence-corrected chi connectivity index (χ4v) is 2.20. The number of para-hydroxylation sites is 1. The predicted octanol–water partition coefficient (Wildman–Crippen LogP) is 3.46. The molecule has 0 saturated heterocycles. The third-order valence-electron chi connectivity index (χ3n) is 2.23. The Morgan fingerprint density at radius 1 is 1.17 bits per heavy atom. The fourth-order valence-electron chi connectivity index (χ4n) is 1.35. The minimum Gasteiger partial charge on any atom is -0.331 e. The highest BCUT2D eigenvalue weighted by molar-refractivity contribution is 7.80. The number of hydrogen-bond donors (Lipinski definition) is 2. The third kappa shape index (κ3) is 3.65. The quantitative estimate of drug-likeness (QED) is 0.511. The average Bonchev–Trinajstić information content (AvgIpc) is 2.91. The monoisotopic (exact) mass is 275 g/mol. The van der Waals surface area contributed by atoms with E-state index in [4.69, 9.17) is 12.2 Å². The molecule has 0 aliphatic heterocycles. The molecule has 0 aliphatic carbocycles. The number of hydrogen-bond acceptors (Lipinski definition) is 3. The van der Waals surface area contributed by atoms with Crippen molar-refractivity contribution in [2.24, 2.45) is 5.10 Å². The van der Waals surface area contributed by atoms with Crippen molar-refractivity contribution in [3.05, 3.63) is 52.7 Å². The van der Waals surface area contributed by atoms with Crippen molar-refractivity contribution in [3.63, 3.8) is 0 Å². The molecule has 0 bridgehead atoms. The molecule has 0 atom stereocenters. The van der Waals surface area contributed by atoms with Gasteiger partial charge in [-0.05, 0) is 42.7 Å². The van der Waals surface area contributed by atoms with Gasteiger partial charge in [0.05, 0.1) is 5.71 Å². The summed E-state index contributed by atoms with van der Waals surface area (Å²) in [5, 5.41) is 9.80. The van der Waals surface area contributed by atoms with Crippen molar-refractivity contribution in [2.45, 2.75) is 6.92 Å². The Kier molecular flexibility index (Phi) is 4.44. The number of anilines is 1. The van der Waals surface area contributed by atoms with Crippen molar-refractivity contribution in [1.82, 2.24) is 5.43 Å². The van der Waals surface area contributed by atoms with Gasteiger partial charge < -0.3 is 5.32 Å². The topological polar surface area (TPSA) is 36.4 Å². The first-order valence-corrected chi connectivity index (χ1v) is 6.75. The zero-order valence-electron chi connectivity index (χ0n) is 9.88. The minimum absolute atomic E-state index is 0.483. The first-order chi connectivity index (χ1) is 8.75. The SMILES string of the molecule is C/C(=N\NC(=S)Nc1ccccc1)c1cccs1. The number of hydrazone groups is 1. The molecule has 3 nitrogen and oxygen atoms in total. The van der Waals surface area contributed by atoms with Crippen molar-refractivity contribution in [3.8, 4) is 0 Å². The molecule has 92 valence electrons. The summed E-state index contributed by atoms with van der Waals surface area (Å²) in [7, 11) is 0. The lowest BCUT2D eigenvalue weighted by molar-refractivity contribution is 1.04. The van der Waals surface area contributed by atoms with Gasteiger partial charge in [0, 0.05) is 10.6 Å². The van der Waals surface area contributed by atoms with Gasteiger partial charge in [-0.15, -0.1) is 11.3 Å². The summed E-state index contributed by atoms with van der Waals surface area (Å²) >= 11 is 6.81. The molecule has 1 aromatic carbocycles. The van der Waals surface area contributed by atoms with Crippen LogP contribution in [0.5, 0.6) is 0 Å². The van der Waals surface area contributed by atoms with E-state index in [1.54, 1.807) is 11.3 Å². The van der Waals surface area contributed by atoms with E-state index in [9.17, 15) is 0 Å². The van der Waals surface area contributed by atoms with Gasteiger partial charge in [0.1, 0.15) is 0 Å². The number of nitrogens with one attached hydrogen (secondary N) is 2. The molecule has 0 aliphatic rings. The standard InChI is InChI=1S/C13H13N3S2/c1-10(12-8-5-9-18-12)15-16-13(17)14-11-6-3-2-4-7-11/h2-9H,1H3,(H2,14,16,17)/b15-10+. The average molecular weight is 275 g/mol. The number of nitrogens with zero attached hydrogens (tertiary/aromatic N) is 1. The van der Waals surface area contributed by atoms with Gasteiger partial charge in [-0.1, -0.05) is 24.3 Å². The van der Waals surface area contributed by atoms with Crippen molar-refractivity contribution < 1.29 is 0 Å². The molecule has 0 unspecified atom stereocenters. The Morgan fingerprint density at radius 2 is 1.94 bits per heavy atom. The van der Waals surface area contributed by atoms with Crippen LogP contribution in [-0.2, 0) is 0 Å². The molecule has 0 spiro atoms. The normalized spacial score (nSPS) is 11.1. The highest BCUT2D eigenvalue weighted by Crippen LogP contribution is 2.09. The van der Waals surface area contributed by atoms with Gasteiger partial charge in [0.2, 0.25) is 0 Å². The molecule has 1 aromatic heterocycles. The molecule has 5 heteroatoms. The van der Waals surface area contributed by atoms with Gasteiger partial charge >= 0.3 is 0 Å². The molecular formula is C13H13N3S2. The molecule has 2 rings (SSSR count). The Hall–Kier alpha value is -1.72. The maximum Gasteiger partial charge on any atom is 0.191 e. The highest BCUT2D eigenvalue weighted by Gasteiger charge is 1.99. The Balaban J connectivity index is 1.91. The second-order valence-corrected chi connectivity index (χ2v) is 4.96. The Morgan fingerprint density at radius 3 is 2.61 bits per heavy atom. The summed E-state index contributed by atoms with van der Waals surface area (Å²) < 4.78 is 0. The Bertz CT molecular complexity index is 533. The molecular weight excluding hydrogens is 262 g/mol. The lowest BCUT2D eigenvalue weighted by Crippen LogP contribution is -2.24. The van der Waals surface area contributed by atoms with Crippen LogP contribution in [-0.4, -0.2) is 10.8 Å². The summed E-state index contributed by atoms with van der Waals surface area (Å²) in [6, 6.07) is 13.8. The number of rotatable bonds is 3. The zero-order chi connectivity index (χ0) is 12.8. The molecule has 18 heavy (non-hydrogen) atoms. The lowest BCUT2D eigenvalue weighted by atomic mass is 10.3. The zero-order valence-corrected chi connectivity index (χ0v) is 11.5. The second-order valence-electron chi connectivity index (χ2n) is 3.61. The van der Waals surface area contributed by atoms with Crippen LogP contribution in [0.2, 0.25) is 0 Å². The van der Waals surface area contributed by atoms with E-state index < -0.39 is 0 Å². The number of benzene rings is 1. The maximum absolute atomic E-state index is 5.16. The maximum atomic E-state index is 5.16. The predicted molar refractivity (Wildman–Crippen MR) is 82.3 cm³/mol. The van der Waals surface area contributed by atoms with Crippen molar-refractivity contribution in [1.29, 1.82) is 0 Å². The first-order valence-electron chi connectivity index (χ1n) is 5.46. The van der Waals surface area contributed by atoms with Gasteiger partial charge in [0.15, 0.2) is 5.11 Å². The molecule has 0 radical (unpaired) electrons. The highest BCUT2D eigenvalue weighted by atomic mass is 32.1. The van der Waals surface area contributed by atoms with Crippen LogP contribution in [0.4, 0.5) is 5.69 Å². The van der Waals surface area contributed by atoms with Crippen LogP contribution in [0, 0.1) is 0 Å². The van der Waals surface area contributed by atoms with Crippen molar-refractivity contribution >= 4 is 40.1 Å². The summed E-state index contributed by atoms with van der Waals surface area (Å²) in [6.07, 6.45) is 0. The van der Waals surface area contributed by atoms with Crippen LogP contribution in [0.15, 0.2) is 52.9 Å². The summed E-state index contributed by atoms with van der Waals surface area (Å²) in [5.41, 5.74) is 4.70. The molecule has 0 amide bonds. The second kappa shape index (κ2) is 6.28. The van der Waals surface area contributed by atoms with E-state index in [0.717, 1.165) is 16.3 Å². The van der Waals surface area contributed by atoms with Crippen LogP contribution in [0.25, 0.3) is 0 Å². The number of thiophene rings is 1. The molecule has 1 heterocycles. The van der Waals surface area contributed by atoms with E-state index >= 15 is 0 Å². The minimum atomic E-state index is 0.483. The van der Waals surface area contributed by atoms with E-state index in [-0.39, 0.29) is 0 Å². The smallest absolute Gasteiger partial charge is 0.191 e. The van der Waals surface area contributed by atoms with Crippen molar-refractivity contribution in [2.75, 3.05) is 5.32 Å². The van der Waals surface area contributed by atoms with Crippen LogP contribution in [0.3, 0.4) is 0 Å². The largest absolute Gasteiger partial charge is 0.331 e. The van der Waals surface area contributed by atoms with Gasteiger partial charge in [0.25, 0.3) is 0 Å². The summed E-state index contributed by atoms with van der Waals surface area (Å²) in [5.74, 6) is 0. The molecule has 0 saturated carbocycles.